The van der Waals surface area contributed by atoms with Crippen molar-refractivity contribution < 1.29 is 9.53 Å². The maximum absolute atomic E-state index is 13.2. The van der Waals surface area contributed by atoms with Crippen molar-refractivity contribution in [3.8, 4) is 11.4 Å². The predicted octanol–water partition coefficient (Wildman–Crippen LogP) is 7.50. The van der Waals surface area contributed by atoms with Crippen LogP contribution in [-0.4, -0.2) is 82.3 Å². The molecule has 0 radical (unpaired) electrons. The molecule has 272 valence electrons. The maximum atomic E-state index is 13.2. The lowest BCUT2D eigenvalue weighted by molar-refractivity contribution is -0.129. The molecule has 1 fully saturated rings. The minimum Gasteiger partial charge on any atom is -0.497 e. The van der Waals surface area contributed by atoms with E-state index in [2.05, 4.69) is 58.8 Å². The van der Waals surface area contributed by atoms with Gasteiger partial charge in [-0.15, -0.1) is 11.3 Å². The summed E-state index contributed by atoms with van der Waals surface area (Å²) in [6.45, 7) is 6.25. The van der Waals surface area contributed by atoms with E-state index in [4.69, 9.17) is 9.73 Å². The summed E-state index contributed by atoms with van der Waals surface area (Å²) in [4.78, 5) is 52.0. The van der Waals surface area contributed by atoms with Gasteiger partial charge in [0.05, 0.1) is 30.2 Å². The first-order valence-corrected chi connectivity index (χ1v) is 19.9. The van der Waals surface area contributed by atoms with E-state index in [0.29, 0.717) is 10.7 Å². The van der Waals surface area contributed by atoms with Gasteiger partial charge >= 0.3 is 0 Å². The molecule has 13 heteroatoms. The highest BCUT2D eigenvalue weighted by Crippen LogP contribution is 2.51. The Morgan fingerprint density at radius 3 is 2.29 bits per heavy atom. The average molecular weight is 739 g/mol. The molecular formula is C39H46N8O3S2. The summed E-state index contributed by atoms with van der Waals surface area (Å²) in [5.41, 5.74) is 4.75. The lowest BCUT2D eigenvalue weighted by Crippen LogP contribution is -2.48. The lowest BCUT2D eigenvalue weighted by Gasteiger charge is -2.36. The fourth-order valence-electron chi connectivity index (χ4n) is 7.50. The molecule has 1 saturated carbocycles. The molecule has 2 aliphatic heterocycles. The normalized spacial score (nSPS) is 18.2. The number of methoxy groups -OCH3 is 1. The molecule has 1 aromatic carbocycles. The number of rotatable bonds is 9. The molecule has 3 aliphatic rings. The number of aromatic nitrogens is 4. The molecular weight excluding hydrogens is 693 g/mol. The molecule has 5 aromatic rings. The van der Waals surface area contributed by atoms with Crippen LogP contribution in [0, 0.1) is 0 Å². The van der Waals surface area contributed by atoms with Crippen molar-refractivity contribution in [1.29, 1.82) is 0 Å². The molecule has 6 heterocycles. The minimum absolute atomic E-state index is 0.0859. The number of carbonyl (C=O) groups is 1. The number of benzene rings is 1. The van der Waals surface area contributed by atoms with Gasteiger partial charge in [-0.2, -0.15) is 0 Å². The smallest absolute Gasteiger partial charge is 0.275 e. The van der Waals surface area contributed by atoms with Gasteiger partial charge in [0.2, 0.25) is 5.91 Å². The van der Waals surface area contributed by atoms with Crippen LogP contribution in [0.2, 0.25) is 0 Å². The largest absolute Gasteiger partial charge is 0.497 e. The SMILES string of the molecule is CCCN(C)c1ccnc2c1C1N=CN(C3CCCCC3)C(=O)C1S2.CCCN(C)c1ccnc2sc3c(=O)n(-c4ccc(OC)cc4)cnc3c12. The molecule has 1 amide bonds. The molecule has 2 atom stereocenters. The van der Waals surface area contributed by atoms with Gasteiger partial charge in [0.15, 0.2) is 0 Å². The zero-order valence-electron chi connectivity index (χ0n) is 30.5. The molecule has 2 unspecified atom stereocenters. The fourth-order valence-corrected chi connectivity index (χ4v) is 9.82. The number of fused-ring (bicyclic) bond motifs is 6. The summed E-state index contributed by atoms with van der Waals surface area (Å²) in [7, 11) is 5.78. The van der Waals surface area contributed by atoms with Gasteiger partial charge in [0.1, 0.15) is 43.4 Å². The van der Waals surface area contributed by atoms with Gasteiger partial charge in [0, 0.05) is 56.9 Å². The Morgan fingerprint density at radius 1 is 0.885 bits per heavy atom. The Hall–Kier alpha value is -4.49. The topological polar surface area (TPSA) is 109 Å². The number of anilines is 2. The highest BCUT2D eigenvalue weighted by atomic mass is 32.2. The zero-order valence-corrected chi connectivity index (χ0v) is 32.1. The van der Waals surface area contributed by atoms with Crippen LogP contribution < -0.4 is 20.1 Å². The Kier molecular flexibility index (Phi) is 10.8. The molecule has 52 heavy (non-hydrogen) atoms. The van der Waals surface area contributed by atoms with Gasteiger partial charge in [0.25, 0.3) is 5.56 Å². The van der Waals surface area contributed by atoms with Crippen molar-refractivity contribution in [3.63, 3.8) is 0 Å². The van der Waals surface area contributed by atoms with Gasteiger partial charge in [-0.3, -0.25) is 24.0 Å². The third-order valence-corrected chi connectivity index (χ3v) is 12.5. The number of aliphatic imine (C=N–C) groups is 1. The Morgan fingerprint density at radius 2 is 1.58 bits per heavy atom. The summed E-state index contributed by atoms with van der Waals surface area (Å²) in [6.07, 6.45) is 15.1. The Balaban J connectivity index is 0.000000162. The van der Waals surface area contributed by atoms with Gasteiger partial charge in [-0.1, -0.05) is 44.9 Å². The van der Waals surface area contributed by atoms with Crippen LogP contribution in [0.15, 0.2) is 69.9 Å². The van der Waals surface area contributed by atoms with Crippen LogP contribution >= 0.6 is 23.1 Å². The summed E-state index contributed by atoms with van der Waals surface area (Å²) < 4.78 is 7.37. The van der Waals surface area contributed by atoms with E-state index in [0.717, 1.165) is 82.2 Å². The van der Waals surface area contributed by atoms with E-state index in [1.54, 1.807) is 36.0 Å². The van der Waals surface area contributed by atoms with Crippen LogP contribution in [0.4, 0.5) is 11.4 Å². The second kappa shape index (κ2) is 15.6. The fraction of sp³-hybridized carbons (Fsp3) is 0.436. The number of ether oxygens (including phenoxy) is 1. The Labute approximate surface area is 312 Å². The van der Waals surface area contributed by atoms with Crippen molar-refractivity contribution in [3.05, 3.63) is 71.0 Å². The second-order valence-electron chi connectivity index (χ2n) is 13.6. The maximum Gasteiger partial charge on any atom is 0.275 e. The number of amides is 1. The minimum atomic E-state index is -0.148. The first-order chi connectivity index (χ1) is 25.3. The number of thioether (sulfide) groups is 1. The summed E-state index contributed by atoms with van der Waals surface area (Å²) in [5, 5.41) is 1.78. The van der Waals surface area contributed by atoms with E-state index in [-0.39, 0.29) is 22.8 Å². The van der Waals surface area contributed by atoms with Crippen molar-refractivity contribution in [2.24, 2.45) is 4.99 Å². The third-order valence-electron chi connectivity index (χ3n) is 10.1. The van der Waals surface area contributed by atoms with Crippen LogP contribution in [0.5, 0.6) is 5.75 Å². The van der Waals surface area contributed by atoms with Crippen molar-refractivity contribution >= 4 is 67.2 Å². The molecule has 1 aliphatic carbocycles. The molecule has 0 spiro atoms. The first kappa shape index (κ1) is 35.9. The summed E-state index contributed by atoms with van der Waals surface area (Å²) >= 11 is 3.00. The number of nitrogens with zero attached hydrogens (tertiary/aromatic N) is 8. The van der Waals surface area contributed by atoms with E-state index < -0.39 is 0 Å². The number of pyridine rings is 2. The van der Waals surface area contributed by atoms with Crippen molar-refractivity contribution in [1.82, 2.24) is 24.4 Å². The van der Waals surface area contributed by atoms with Gasteiger partial charge in [-0.05, 0) is 62.1 Å². The lowest BCUT2D eigenvalue weighted by atomic mass is 9.93. The molecule has 11 nitrogen and oxygen atoms in total. The molecule has 8 rings (SSSR count). The summed E-state index contributed by atoms with van der Waals surface area (Å²) in [6, 6.07) is 11.7. The summed E-state index contributed by atoms with van der Waals surface area (Å²) in [5.74, 6) is 0.967. The van der Waals surface area contributed by atoms with Crippen molar-refractivity contribution in [2.75, 3.05) is 44.1 Å². The van der Waals surface area contributed by atoms with E-state index in [9.17, 15) is 9.59 Å². The quantitative estimate of drug-likeness (QED) is 0.152. The van der Waals surface area contributed by atoms with Crippen LogP contribution in [-0.2, 0) is 4.79 Å². The molecule has 0 N–H and O–H groups in total. The van der Waals surface area contributed by atoms with E-state index in [1.807, 2.05) is 47.8 Å². The van der Waals surface area contributed by atoms with E-state index >= 15 is 0 Å². The van der Waals surface area contributed by atoms with Crippen LogP contribution in [0.25, 0.3) is 26.1 Å². The molecule has 4 aromatic heterocycles. The monoisotopic (exact) mass is 738 g/mol. The Bertz CT molecular complexity index is 2140. The molecule has 0 bridgehead atoms. The highest BCUT2D eigenvalue weighted by Gasteiger charge is 2.46. The van der Waals surface area contributed by atoms with Crippen molar-refractivity contribution in [2.45, 2.75) is 81.2 Å². The standard InChI is InChI=1S/C20H20N4O2S.C19H26N4OS/c1-4-11-23(2)15-9-10-21-19-16(15)17-18(27-19)20(25)24(12-22-17)13-5-7-14(26-3)8-6-13;1-3-11-22(2)14-9-10-20-18-15(14)16-17(25-18)19(24)23(12-21-16)13-7-5-4-6-8-13/h5-10,12H,4,11H2,1-3H3;9-10,12-13,16-17H,3-8,11H2,1-2H3. The third kappa shape index (κ3) is 6.76. The molecule has 0 saturated heterocycles. The predicted molar refractivity (Wildman–Crippen MR) is 213 cm³/mol. The number of hydrogen-bond donors (Lipinski definition) is 0. The zero-order chi connectivity index (χ0) is 36.4. The highest BCUT2D eigenvalue weighted by molar-refractivity contribution is 8.01. The average Bonchev–Trinajstić information content (AvgIpc) is 3.76. The number of thiophene rings is 1. The van der Waals surface area contributed by atoms with Crippen LogP contribution in [0.1, 0.15) is 70.4 Å². The number of hydrogen-bond acceptors (Lipinski definition) is 11. The second-order valence-corrected chi connectivity index (χ2v) is 15.7. The van der Waals surface area contributed by atoms with Crippen LogP contribution in [0.3, 0.4) is 0 Å². The number of carbonyl (C=O) groups excluding carboxylic acids is 1. The van der Waals surface area contributed by atoms with E-state index in [1.165, 1.54) is 36.3 Å². The van der Waals surface area contributed by atoms with Gasteiger partial charge < -0.3 is 14.5 Å². The first-order valence-electron chi connectivity index (χ1n) is 18.2. The van der Waals surface area contributed by atoms with Gasteiger partial charge in [-0.25, -0.2) is 15.0 Å².